The van der Waals surface area contributed by atoms with Crippen LogP contribution in [-0.4, -0.2) is 36.1 Å². The largest absolute Gasteiger partial charge is 0.419 e. The Hall–Kier alpha value is -1.93. The minimum absolute atomic E-state index is 0.0108. The molecule has 140 valence electrons. The average molecular weight is 392 g/mol. The van der Waals surface area contributed by atoms with Gasteiger partial charge >= 0.3 is 6.18 Å². The molecule has 0 aliphatic carbocycles. The quantitative estimate of drug-likeness (QED) is 0.572. The molecule has 0 amide bonds. The highest BCUT2D eigenvalue weighted by Crippen LogP contribution is 2.34. The van der Waals surface area contributed by atoms with Crippen molar-refractivity contribution in [2.24, 2.45) is 0 Å². The van der Waals surface area contributed by atoms with Crippen molar-refractivity contribution in [1.29, 1.82) is 0 Å². The Morgan fingerprint density at radius 1 is 0.962 bits per heavy atom. The summed E-state index contributed by atoms with van der Waals surface area (Å²) in [4.78, 5) is 7.50. The highest BCUT2D eigenvalue weighted by molar-refractivity contribution is 6.30. The van der Waals surface area contributed by atoms with E-state index in [2.05, 4.69) is 4.98 Å². The lowest BCUT2D eigenvalue weighted by molar-refractivity contribution is -0.137. The molecule has 0 N–H and O–H groups in total. The maximum absolute atomic E-state index is 13.7. The molecule has 9 heteroatoms. The van der Waals surface area contributed by atoms with Crippen LogP contribution in [0.4, 0.5) is 27.8 Å². The molecule has 0 saturated carbocycles. The van der Waals surface area contributed by atoms with Gasteiger partial charge in [-0.15, -0.1) is 0 Å². The molecule has 0 bridgehead atoms. The molecule has 1 aliphatic rings. The van der Waals surface area contributed by atoms with E-state index in [0.717, 1.165) is 6.07 Å². The molecule has 2 heterocycles. The minimum Gasteiger partial charge on any atom is -0.354 e. The van der Waals surface area contributed by atoms with E-state index in [0.29, 0.717) is 32.0 Å². The fraction of sp³-hybridized carbons (Fsp3) is 0.353. The number of aromatic nitrogens is 1. The van der Waals surface area contributed by atoms with Crippen LogP contribution in [0.1, 0.15) is 11.1 Å². The predicted octanol–water partition coefficient (Wildman–Crippen LogP) is 4.35. The Labute approximate surface area is 152 Å². The summed E-state index contributed by atoms with van der Waals surface area (Å²) in [6, 6.07) is 5.92. The van der Waals surface area contributed by atoms with E-state index in [9.17, 15) is 22.0 Å². The monoisotopic (exact) mass is 391 g/mol. The summed E-state index contributed by atoms with van der Waals surface area (Å²) in [5.41, 5.74) is -0.965. The molecule has 0 radical (unpaired) electrons. The van der Waals surface area contributed by atoms with Crippen molar-refractivity contribution in [3.8, 4) is 0 Å². The Morgan fingerprint density at radius 3 is 2.12 bits per heavy atom. The van der Waals surface area contributed by atoms with Crippen LogP contribution in [0, 0.1) is 11.6 Å². The number of hydrogen-bond acceptors (Lipinski definition) is 3. The van der Waals surface area contributed by atoms with Crippen molar-refractivity contribution in [3.05, 3.63) is 58.2 Å². The van der Waals surface area contributed by atoms with E-state index in [-0.39, 0.29) is 12.1 Å². The summed E-state index contributed by atoms with van der Waals surface area (Å²) >= 11 is 5.65. The van der Waals surface area contributed by atoms with Gasteiger partial charge in [0, 0.05) is 38.3 Å². The number of anilines is 1. The zero-order chi connectivity index (χ0) is 18.9. The standard InChI is InChI=1S/C17H15ClF5N3/c18-16-12(17(21,22)23)4-5-15(24-16)26-8-6-25(7-9-26)10-11-13(19)2-1-3-14(11)20/h1-5H,6-10H2. The van der Waals surface area contributed by atoms with Gasteiger partial charge in [-0.25, -0.2) is 13.8 Å². The second-order valence-corrected chi connectivity index (χ2v) is 6.33. The molecule has 2 aromatic rings. The summed E-state index contributed by atoms with van der Waals surface area (Å²) in [5, 5.41) is -0.592. The smallest absolute Gasteiger partial charge is 0.354 e. The first-order chi connectivity index (χ1) is 12.3. The van der Waals surface area contributed by atoms with Crippen molar-refractivity contribution < 1.29 is 22.0 Å². The number of piperazine rings is 1. The van der Waals surface area contributed by atoms with Crippen LogP contribution in [0.2, 0.25) is 5.15 Å². The van der Waals surface area contributed by atoms with Gasteiger partial charge in [-0.3, -0.25) is 4.90 Å². The second kappa shape index (κ2) is 7.36. The van der Waals surface area contributed by atoms with Gasteiger partial charge in [-0.2, -0.15) is 13.2 Å². The number of pyridine rings is 1. The maximum Gasteiger partial charge on any atom is 0.419 e. The topological polar surface area (TPSA) is 19.4 Å². The van der Waals surface area contributed by atoms with Crippen molar-refractivity contribution in [2.75, 3.05) is 31.1 Å². The van der Waals surface area contributed by atoms with E-state index < -0.39 is 28.5 Å². The third-order valence-corrected chi connectivity index (χ3v) is 4.57. The molecular weight excluding hydrogens is 377 g/mol. The van der Waals surface area contributed by atoms with Gasteiger partial charge in [0.2, 0.25) is 0 Å². The summed E-state index contributed by atoms with van der Waals surface area (Å²) in [5.74, 6) is -0.841. The lowest BCUT2D eigenvalue weighted by Crippen LogP contribution is -2.46. The Morgan fingerprint density at radius 2 is 1.58 bits per heavy atom. The third-order valence-electron chi connectivity index (χ3n) is 4.28. The number of halogens is 6. The number of alkyl halides is 3. The lowest BCUT2D eigenvalue weighted by Gasteiger charge is -2.35. The minimum atomic E-state index is -4.55. The highest BCUT2D eigenvalue weighted by atomic mass is 35.5. The fourth-order valence-electron chi connectivity index (χ4n) is 2.85. The van der Waals surface area contributed by atoms with Crippen LogP contribution in [0.25, 0.3) is 0 Å². The van der Waals surface area contributed by atoms with Crippen molar-refractivity contribution >= 4 is 17.4 Å². The van der Waals surface area contributed by atoms with Crippen LogP contribution >= 0.6 is 11.6 Å². The first-order valence-corrected chi connectivity index (χ1v) is 8.27. The predicted molar refractivity (Wildman–Crippen MR) is 88.1 cm³/mol. The number of rotatable bonds is 3. The van der Waals surface area contributed by atoms with Gasteiger partial charge in [-0.05, 0) is 24.3 Å². The number of benzene rings is 1. The number of nitrogens with zero attached hydrogens (tertiary/aromatic N) is 3. The van der Waals surface area contributed by atoms with E-state index >= 15 is 0 Å². The van der Waals surface area contributed by atoms with E-state index in [1.54, 1.807) is 4.90 Å². The van der Waals surface area contributed by atoms with Crippen molar-refractivity contribution in [1.82, 2.24) is 9.88 Å². The van der Waals surface area contributed by atoms with Gasteiger partial charge in [0.25, 0.3) is 0 Å². The second-order valence-electron chi connectivity index (χ2n) is 5.97. The molecule has 1 aliphatic heterocycles. The van der Waals surface area contributed by atoms with Gasteiger partial charge in [0.1, 0.15) is 22.6 Å². The highest BCUT2D eigenvalue weighted by Gasteiger charge is 2.34. The van der Waals surface area contributed by atoms with Gasteiger partial charge in [-0.1, -0.05) is 17.7 Å². The van der Waals surface area contributed by atoms with E-state index in [1.165, 1.54) is 24.3 Å². The van der Waals surface area contributed by atoms with Crippen LogP contribution in [-0.2, 0) is 12.7 Å². The van der Waals surface area contributed by atoms with Crippen LogP contribution in [0.5, 0.6) is 0 Å². The molecule has 1 fully saturated rings. The first-order valence-electron chi connectivity index (χ1n) is 7.89. The van der Waals surface area contributed by atoms with Gasteiger partial charge in [0.05, 0.1) is 5.56 Å². The molecule has 3 rings (SSSR count). The summed E-state index contributed by atoms with van der Waals surface area (Å²) in [6.45, 7) is 2.05. The van der Waals surface area contributed by atoms with Crippen LogP contribution in [0.3, 0.4) is 0 Å². The Bertz CT molecular complexity index is 768. The molecule has 0 spiro atoms. The Kier molecular flexibility index (Phi) is 5.34. The first kappa shape index (κ1) is 18.8. The molecule has 1 aromatic heterocycles. The van der Waals surface area contributed by atoms with Crippen LogP contribution in [0.15, 0.2) is 30.3 Å². The molecule has 26 heavy (non-hydrogen) atoms. The summed E-state index contributed by atoms with van der Waals surface area (Å²) in [7, 11) is 0. The molecule has 1 aromatic carbocycles. The Balaban J connectivity index is 1.65. The van der Waals surface area contributed by atoms with Crippen LogP contribution < -0.4 is 4.90 Å². The molecule has 0 unspecified atom stereocenters. The molecule has 0 atom stereocenters. The molecule has 3 nitrogen and oxygen atoms in total. The van der Waals surface area contributed by atoms with Crippen molar-refractivity contribution in [2.45, 2.75) is 12.7 Å². The number of hydrogen-bond donors (Lipinski definition) is 0. The zero-order valence-electron chi connectivity index (χ0n) is 13.5. The fourth-order valence-corrected chi connectivity index (χ4v) is 3.11. The molecule has 1 saturated heterocycles. The lowest BCUT2D eigenvalue weighted by atomic mass is 10.1. The summed E-state index contributed by atoms with van der Waals surface area (Å²) in [6.07, 6.45) is -4.55. The van der Waals surface area contributed by atoms with Gasteiger partial charge < -0.3 is 4.90 Å². The van der Waals surface area contributed by atoms with E-state index in [1.807, 2.05) is 4.90 Å². The molecular formula is C17H15ClF5N3. The normalized spacial score (nSPS) is 16.2. The average Bonchev–Trinajstić information content (AvgIpc) is 2.58. The maximum atomic E-state index is 13.7. The van der Waals surface area contributed by atoms with E-state index in [4.69, 9.17) is 11.6 Å². The zero-order valence-corrected chi connectivity index (χ0v) is 14.3. The van der Waals surface area contributed by atoms with Crippen molar-refractivity contribution in [3.63, 3.8) is 0 Å². The SMILES string of the molecule is Fc1cccc(F)c1CN1CCN(c2ccc(C(F)(F)F)c(Cl)n2)CC1. The summed E-state index contributed by atoms with van der Waals surface area (Å²) < 4.78 is 65.7. The third kappa shape index (κ3) is 4.07. The van der Waals surface area contributed by atoms with Gasteiger partial charge in [0.15, 0.2) is 0 Å².